The SMILES string of the molecule is CS(=O)(=O)NC[C@H]1OCC[C@@]2(S(=O)(=O)c3ccc(Cl)cc3)c3c(F)ccc(F)c3OC[C@@H]12. The van der Waals surface area contributed by atoms with Crippen LogP contribution in [-0.4, -0.2) is 49.0 Å². The van der Waals surface area contributed by atoms with Gasteiger partial charge >= 0.3 is 0 Å². The minimum atomic E-state index is -4.34. The zero-order valence-corrected chi connectivity index (χ0v) is 19.2. The molecule has 2 heterocycles. The molecule has 12 heteroatoms. The minimum Gasteiger partial charge on any atom is -0.490 e. The van der Waals surface area contributed by atoms with Crippen molar-refractivity contribution in [3.63, 3.8) is 0 Å². The van der Waals surface area contributed by atoms with Gasteiger partial charge < -0.3 is 9.47 Å². The lowest BCUT2D eigenvalue weighted by Gasteiger charge is -2.50. The Balaban J connectivity index is 1.95. The van der Waals surface area contributed by atoms with Gasteiger partial charge in [0.05, 0.1) is 29.4 Å². The Labute approximate surface area is 189 Å². The summed E-state index contributed by atoms with van der Waals surface area (Å²) in [5, 5.41) is 0.310. The molecule has 1 N–H and O–H groups in total. The molecule has 32 heavy (non-hydrogen) atoms. The van der Waals surface area contributed by atoms with E-state index < -0.39 is 59.6 Å². The van der Waals surface area contributed by atoms with E-state index in [1.54, 1.807) is 0 Å². The Kier molecular flexibility index (Phi) is 6.00. The van der Waals surface area contributed by atoms with Crippen LogP contribution in [0.3, 0.4) is 0 Å². The molecule has 2 aliphatic heterocycles. The quantitative estimate of drug-likeness (QED) is 0.668. The van der Waals surface area contributed by atoms with Crippen LogP contribution in [0.4, 0.5) is 8.78 Å². The maximum absolute atomic E-state index is 15.2. The van der Waals surface area contributed by atoms with Crippen molar-refractivity contribution < 1.29 is 35.1 Å². The molecule has 0 amide bonds. The second-order valence-electron chi connectivity index (χ2n) is 7.78. The first-order valence-corrected chi connectivity index (χ1v) is 13.4. The van der Waals surface area contributed by atoms with Gasteiger partial charge in [-0.3, -0.25) is 0 Å². The van der Waals surface area contributed by atoms with Gasteiger partial charge in [0.2, 0.25) is 10.0 Å². The first-order valence-electron chi connectivity index (χ1n) is 9.65. The number of nitrogens with one attached hydrogen (secondary N) is 1. The summed E-state index contributed by atoms with van der Waals surface area (Å²) >= 11 is 5.91. The van der Waals surface area contributed by atoms with Gasteiger partial charge in [0.15, 0.2) is 21.4 Å². The van der Waals surface area contributed by atoms with Gasteiger partial charge in [-0.1, -0.05) is 11.6 Å². The Bertz CT molecular complexity index is 1250. The maximum atomic E-state index is 15.2. The monoisotopic (exact) mass is 507 g/mol. The summed E-state index contributed by atoms with van der Waals surface area (Å²) in [4.78, 5) is -0.125. The van der Waals surface area contributed by atoms with Crippen molar-refractivity contribution in [1.29, 1.82) is 0 Å². The van der Waals surface area contributed by atoms with E-state index in [9.17, 15) is 21.2 Å². The van der Waals surface area contributed by atoms with Crippen LogP contribution in [0, 0.1) is 17.6 Å². The highest BCUT2D eigenvalue weighted by molar-refractivity contribution is 7.92. The lowest BCUT2D eigenvalue weighted by atomic mass is 9.76. The highest BCUT2D eigenvalue weighted by atomic mass is 35.5. The summed E-state index contributed by atoms with van der Waals surface area (Å²) in [6.07, 6.45) is -0.180. The number of hydrogen-bond donors (Lipinski definition) is 1. The molecule has 0 radical (unpaired) electrons. The van der Waals surface area contributed by atoms with Gasteiger partial charge in [-0.2, -0.15) is 0 Å². The molecule has 0 spiro atoms. The fraction of sp³-hybridized carbons (Fsp3) is 0.400. The molecule has 0 aliphatic carbocycles. The van der Waals surface area contributed by atoms with Gasteiger partial charge in [0.25, 0.3) is 0 Å². The lowest BCUT2D eigenvalue weighted by Crippen LogP contribution is -2.59. The van der Waals surface area contributed by atoms with Gasteiger partial charge in [0.1, 0.15) is 10.6 Å². The number of rotatable bonds is 5. The summed E-state index contributed by atoms with van der Waals surface area (Å²) in [6.45, 7) is -0.678. The second-order valence-corrected chi connectivity index (χ2v) is 12.3. The van der Waals surface area contributed by atoms with E-state index in [0.717, 1.165) is 18.4 Å². The third kappa shape index (κ3) is 3.79. The zero-order chi connectivity index (χ0) is 23.3. The maximum Gasteiger partial charge on any atom is 0.208 e. The third-order valence-corrected chi connectivity index (χ3v) is 9.40. The van der Waals surface area contributed by atoms with Crippen LogP contribution in [0.15, 0.2) is 41.3 Å². The molecular weight excluding hydrogens is 488 g/mol. The smallest absolute Gasteiger partial charge is 0.208 e. The minimum absolute atomic E-state index is 0.116. The number of ether oxygens (including phenoxy) is 2. The van der Waals surface area contributed by atoms with E-state index in [-0.39, 0.29) is 31.1 Å². The summed E-state index contributed by atoms with van der Waals surface area (Å²) in [5.41, 5.74) is -0.406. The largest absolute Gasteiger partial charge is 0.490 e. The van der Waals surface area contributed by atoms with Gasteiger partial charge in [-0.05, 0) is 42.8 Å². The van der Waals surface area contributed by atoms with Crippen LogP contribution in [0.5, 0.6) is 5.75 Å². The molecule has 0 bridgehead atoms. The molecule has 0 saturated carbocycles. The van der Waals surface area contributed by atoms with Crippen molar-refractivity contribution in [2.45, 2.75) is 22.2 Å². The lowest BCUT2D eigenvalue weighted by molar-refractivity contribution is -0.0687. The van der Waals surface area contributed by atoms with E-state index in [2.05, 4.69) is 4.72 Å². The fourth-order valence-electron chi connectivity index (χ4n) is 4.48. The molecule has 4 rings (SSSR count). The van der Waals surface area contributed by atoms with E-state index in [1.807, 2.05) is 0 Å². The molecular formula is C20H20ClF2NO6S2. The molecule has 1 fully saturated rings. The molecule has 1 saturated heterocycles. The highest BCUT2D eigenvalue weighted by Crippen LogP contribution is 2.55. The zero-order valence-electron chi connectivity index (χ0n) is 16.8. The number of fused-ring (bicyclic) bond motifs is 3. The van der Waals surface area contributed by atoms with Crippen LogP contribution < -0.4 is 9.46 Å². The third-order valence-electron chi connectivity index (χ3n) is 5.89. The van der Waals surface area contributed by atoms with Crippen LogP contribution in [0.25, 0.3) is 0 Å². The number of sulfonamides is 1. The van der Waals surface area contributed by atoms with Gasteiger partial charge in [0, 0.05) is 24.1 Å². The average molecular weight is 508 g/mol. The van der Waals surface area contributed by atoms with Crippen LogP contribution in [0.1, 0.15) is 12.0 Å². The Morgan fingerprint density at radius 2 is 1.75 bits per heavy atom. The second kappa shape index (κ2) is 8.21. The first kappa shape index (κ1) is 23.4. The van der Waals surface area contributed by atoms with Crippen molar-refractivity contribution in [3.05, 3.63) is 58.6 Å². The normalized spacial score (nSPS) is 25.5. The van der Waals surface area contributed by atoms with Crippen LogP contribution in [-0.2, 0) is 29.3 Å². The van der Waals surface area contributed by atoms with Crippen LogP contribution >= 0.6 is 11.6 Å². The van der Waals surface area contributed by atoms with E-state index in [1.165, 1.54) is 24.3 Å². The molecule has 2 aromatic rings. The average Bonchev–Trinajstić information content (AvgIpc) is 2.73. The molecule has 7 nitrogen and oxygen atoms in total. The summed E-state index contributed by atoms with van der Waals surface area (Å²) in [6, 6.07) is 7.12. The van der Waals surface area contributed by atoms with Crippen molar-refractivity contribution in [2.24, 2.45) is 5.92 Å². The summed E-state index contributed by atoms with van der Waals surface area (Å²) in [7, 11) is -7.96. The number of hydrogen-bond acceptors (Lipinski definition) is 6. The van der Waals surface area contributed by atoms with Crippen molar-refractivity contribution >= 4 is 31.5 Å². The number of sulfone groups is 1. The molecule has 3 atom stereocenters. The predicted octanol–water partition coefficient (Wildman–Crippen LogP) is 2.63. The summed E-state index contributed by atoms with van der Waals surface area (Å²) in [5.74, 6) is -3.30. The standard InChI is InChI=1S/C20H20ClF2NO6S2/c1-31(25,26)24-10-17-14-11-30-19-16(23)7-6-15(22)18(19)20(14,8-9-29-17)32(27,28)13-4-2-12(21)3-5-13/h2-7,14,17,24H,8-11H2,1H3/t14-,17+,20-/m0/s1. The van der Waals surface area contributed by atoms with E-state index >= 15 is 4.39 Å². The van der Waals surface area contributed by atoms with Crippen LogP contribution in [0.2, 0.25) is 5.02 Å². The number of halogens is 3. The van der Waals surface area contributed by atoms with Gasteiger partial charge in [-0.15, -0.1) is 0 Å². The number of benzene rings is 2. The van der Waals surface area contributed by atoms with E-state index in [4.69, 9.17) is 21.1 Å². The Morgan fingerprint density at radius 1 is 1.09 bits per heavy atom. The van der Waals surface area contributed by atoms with Crippen molar-refractivity contribution in [3.8, 4) is 5.75 Å². The van der Waals surface area contributed by atoms with E-state index in [0.29, 0.717) is 5.02 Å². The Hall–Kier alpha value is -1.79. The molecule has 174 valence electrons. The van der Waals surface area contributed by atoms with Crippen molar-refractivity contribution in [2.75, 3.05) is 26.0 Å². The van der Waals surface area contributed by atoms with Gasteiger partial charge in [-0.25, -0.2) is 30.3 Å². The molecule has 0 unspecified atom stereocenters. The topological polar surface area (TPSA) is 98.8 Å². The van der Waals surface area contributed by atoms with Crippen molar-refractivity contribution in [1.82, 2.24) is 4.72 Å². The predicted molar refractivity (Wildman–Crippen MR) is 113 cm³/mol. The highest BCUT2D eigenvalue weighted by Gasteiger charge is 2.61. The molecule has 2 aromatic carbocycles. The molecule has 0 aromatic heterocycles. The molecule has 2 aliphatic rings. The first-order chi connectivity index (χ1) is 15.0. The Morgan fingerprint density at radius 3 is 2.41 bits per heavy atom. The summed E-state index contributed by atoms with van der Waals surface area (Å²) < 4.78 is 92.7. The fourth-order valence-corrected chi connectivity index (χ4v) is 7.42.